The molecule has 0 saturated carbocycles. The van der Waals surface area contributed by atoms with Gasteiger partial charge in [-0.25, -0.2) is 0 Å². The second kappa shape index (κ2) is 5.88. The zero-order valence-corrected chi connectivity index (χ0v) is 14.1. The third-order valence-corrected chi connectivity index (χ3v) is 3.54. The van der Waals surface area contributed by atoms with Crippen LogP contribution in [0.15, 0.2) is 47.1 Å². The number of hydrogen-bond donors (Lipinski definition) is 0. The lowest BCUT2D eigenvalue weighted by atomic mass is 9.96. The molecule has 2 heteroatoms. The van der Waals surface area contributed by atoms with Crippen molar-refractivity contribution >= 4 is 11.3 Å². The van der Waals surface area contributed by atoms with E-state index in [1.807, 2.05) is 0 Å². The second-order valence-corrected chi connectivity index (χ2v) is 6.81. The van der Waals surface area contributed by atoms with Crippen LogP contribution in [0.5, 0.6) is 0 Å². The Hall–Kier alpha value is -1.83. The average Bonchev–Trinajstić information content (AvgIpc) is 2.86. The van der Waals surface area contributed by atoms with Crippen LogP contribution in [0.2, 0.25) is 0 Å². The van der Waals surface area contributed by atoms with Crippen molar-refractivity contribution in [2.45, 2.75) is 39.7 Å². The van der Waals surface area contributed by atoms with E-state index >= 15 is 0 Å². The molecule has 21 heavy (non-hydrogen) atoms. The van der Waals surface area contributed by atoms with E-state index in [1.165, 1.54) is 22.4 Å². The molecule has 0 bridgehead atoms. The Morgan fingerprint density at radius 2 is 1.81 bits per heavy atom. The fourth-order valence-corrected chi connectivity index (χ4v) is 2.65. The van der Waals surface area contributed by atoms with E-state index in [4.69, 9.17) is 4.99 Å². The molecule has 1 aliphatic carbocycles. The second-order valence-electron chi connectivity index (χ2n) is 6.81. The molecule has 2 nitrogen and oxygen atoms in total. The van der Waals surface area contributed by atoms with Crippen molar-refractivity contribution in [2.75, 3.05) is 14.1 Å². The Morgan fingerprint density at radius 1 is 1.14 bits per heavy atom. The number of likely N-dealkylation sites (N-methyl/N-ethyl adjacent to an activating group) is 1. The summed E-state index contributed by atoms with van der Waals surface area (Å²) in [5.41, 5.74) is 6.26. The third-order valence-electron chi connectivity index (χ3n) is 3.54. The summed E-state index contributed by atoms with van der Waals surface area (Å²) in [6, 6.07) is 8.58. The van der Waals surface area contributed by atoms with Crippen molar-refractivity contribution in [3.8, 4) is 0 Å². The van der Waals surface area contributed by atoms with Crippen molar-refractivity contribution in [2.24, 2.45) is 4.99 Å². The summed E-state index contributed by atoms with van der Waals surface area (Å²) in [6.45, 7) is 8.53. The Kier molecular flexibility index (Phi) is 4.36. The molecule has 0 aromatic heterocycles. The molecule has 0 N–H and O–H groups in total. The third kappa shape index (κ3) is 3.84. The molecule has 0 saturated heterocycles. The van der Waals surface area contributed by atoms with Crippen LogP contribution < -0.4 is 0 Å². The standard InChI is InChI=1S/C19H26N2/c1-14(20-19(2,3)4)17-9-7-8-10-18(17)15-11-12-16(13-15)21(5)6/h7-10,12-13H,11H2,1-6H3/b20-14+. The van der Waals surface area contributed by atoms with Crippen molar-refractivity contribution in [3.05, 3.63) is 53.2 Å². The van der Waals surface area contributed by atoms with Gasteiger partial charge in [0.15, 0.2) is 0 Å². The van der Waals surface area contributed by atoms with E-state index in [0.717, 1.165) is 12.1 Å². The molecule has 0 amide bonds. The fraction of sp³-hybridized carbons (Fsp3) is 0.421. The van der Waals surface area contributed by atoms with Crippen molar-refractivity contribution in [1.29, 1.82) is 0 Å². The zero-order valence-electron chi connectivity index (χ0n) is 14.1. The van der Waals surface area contributed by atoms with E-state index in [9.17, 15) is 0 Å². The Balaban J connectivity index is 2.40. The maximum atomic E-state index is 4.83. The first-order valence-corrected chi connectivity index (χ1v) is 7.52. The average molecular weight is 282 g/mol. The monoisotopic (exact) mass is 282 g/mol. The Labute approximate surface area is 128 Å². The lowest BCUT2D eigenvalue weighted by molar-refractivity contribution is 0.531. The highest BCUT2D eigenvalue weighted by molar-refractivity contribution is 6.03. The molecule has 0 spiro atoms. The van der Waals surface area contributed by atoms with Crippen LogP contribution in [-0.4, -0.2) is 30.2 Å². The van der Waals surface area contributed by atoms with Crippen LogP contribution in [0.3, 0.4) is 0 Å². The maximum absolute atomic E-state index is 4.83. The first kappa shape index (κ1) is 15.6. The van der Waals surface area contributed by atoms with Gasteiger partial charge < -0.3 is 4.90 Å². The SMILES string of the molecule is C/C(=N\C(C)(C)C)c1ccccc1C1=CC(N(C)C)=CC1. The molecule has 1 aliphatic rings. The zero-order chi connectivity index (χ0) is 15.6. The van der Waals surface area contributed by atoms with Crippen LogP contribution in [0.4, 0.5) is 0 Å². The number of allylic oxidation sites excluding steroid dienone is 3. The molecule has 0 heterocycles. The van der Waals surface area contributed by atoms with Crippen LogP contribution in [0, 0.1) is 0 Å². The van der Waals surface area contributed by atoms with Crippen molar-refractivity contribution in [1.82, 2.24) is 4.90 Å². The Morgan fingerprint density at radius 3 is 2.38 bits per heavy atom. The van der Waals surface area contributed by atoms with Gasteiger partial charge in [-0.2, -0.15) is 0 Å². The van der Waals surface area contributed by atoms with Gasteiger partial charge in [0, 0.05) is 31.1 Å². The predicted molar refractivity (Wildman–Crippen MR) is 92.8 cm³/mol. The molecule has 1 aromatic rings. The number of aliphatic imine (C=N–C) groups is 1. The van der Waals surface area contributed by atoms with Crippen LogP contribution >= 0.6 is 0 Å². The van der Waals surface area contributed by atoms with Gasteiger partial charge in [-0.3, -0.25) is 4.99 Å². The van der Waals surface area contributed by atoms with Crippen molar-refractivity contribution < 1.29 is 0 Å². The van der Waals surface area contributed by atoms with Gasteiger partial charge in [0.2, 0.25) is 0 Å². The summed E-state index contributed by atoms with van der Waals surface area (Å²) in [4.78, 5) is 6.99. The van der Waals surface area contributed by atoms with E-state index in [1.54, 1.807) is 0 Å². The normalized spacial score (nSPS) is 15.8. The number of rotatable bonds is 3. The molecule has 0 radical (unpaired) electrons. The Bertz CT molecular complexity index is 611. The fourth-order valence-electron chi connectivity index (χ4n) is 2.65. The predicted octanol–water partition coefficient (Wildman–Crippen LogP) is 4.53. The number of hydrogen-bond acceptors (Lipinski definition) is 2. The lowest BCUT2D eigenvalue weighted by Gasteiger charge is -2.17. The van der Waals surface area contributed by atoms with Gasteiger partial charge in [0.25, 0.3) is 0 Å². The molecule has 1 aromatic carbocycles. The molecule has 2 rings (SSSR count). The molecule has 112 valence electrons. The summed E-state index contributed by atoms with van der Waals surface area (Å²) >= 11 is 0. The molecule has 0 unspecified atom stereocenters. The minimum atomic E-state index is -0.0473. The van der Waals surface area contributed by atoms with E-state index in [-0.39, 0.29) is 5.54 Å². The van der Waals surface area contributed by atoms with Crippen LogP contribution in [0.1, 0.15) is 45.2 Å². The number of benzene rings is 1. The highest BCUT2D eigenvalue weighted by atomic mass is 15.1. The first-order chi connectivity index (χ1) is 9.78. The van der Waals surface area contributed by atoms with E-state index < -0.39 is 0 Å². The smallest absolute Gasteiger partial charge is 0.0527 e. The van der Waals surface area contributed by atoms with Crippen LogP contribution in [0.25, 0.3) is 5.57 Å². The minimum Gasteiger partial charge on any atom is -0.378 e. The summed E-state index contributed by atoms with van der Waals surface area (Å²) in [5, 5.41) is 0. The molecule has 0 atom stereocenters. The summed E-state index contributed by atoms with van der Waals surface area (Å²) in [6.07, 6.45) is 5.55. The van der Waals surface area contributed by atoms with Gasteiger partial charge in [-0.15, -0.1) is 0 Å². The molecule has 0 fully saturated rings. The van der Waals surface area contributed by atoms with E-state index in [2.05, 4.69) is 83.1 Å². The highest BCUT2D eigenvalue weighted by Crippen LogP contribution is 2.30. The van der Waals surface area contributed by atoms with Gasteiger partial charge in [-0.1, -0.05) is 30.3 Å². The van der Waals surface area contributed by atoms with Gasteiger partial charge in [-0.05, 0) is 51.3 Å². The summed E-state index contributed by atoms with van der Waals surface area (Å²) in [5.74, 6) is 0. The minimum absolute atomic E-state index is 0.0473. The lowest BCUT2D eigenvalue weighted by Crippen LogP contribution is -2.14. The van der Waals surface area contributed by atoms with Gasteiger partial charge >= 0.3 is 0 Å². The molecule has 0 aliphatic heterocycles. The van der Waals surface area contributed by atoms with Crippen molar-refractivity contribution in [3.63, 3.8) is 0 Å². The number of nitrogens with zero attached hydrogens (tertiary/aromatic N) is 2. The topological polar surface area (TPSA) is 15.6 Å². The molecular weight excluding hydrogens is 256 g/mol. The quantitative estimate of drug-likeness (QED) is 0.744. The maximum Gasteiger partial charge on any atom is 0.0527 e. The first-order valence-electron chi connectivity index (χ1n) is 7.52. The van der Waals surface area contributed by atoms with E-state index in [0.29, 0.717) is 0 Å². The van der Waals surface area contributed by atoms with Gasteiger partial charge in [0.05, 0.1) is 5.54 Å². The molecular formula is C19H26N2. The summed E-state index contributed by atoms with van der Waals surface area (Å²) < 4.78 is 0. The largest absolute Gasteiger partial charge is 0.378 e. The van der Waals surface area contributed by atoms with Crippen LogP contribution in [-0.2, 0) is 0 Å². The highest BCUT2D eigenvalue weighted by Gasteiger charge is 2.16. The van der Waals surface area contributed by atoms with Gasteiger partial charge in [0.1, 0.15) is 0 Å². The summed E-state index contributed by atoms with van der Waals surface area (Å²) in [7, 11) is 4.17.